The quantitative estimate of drug-likeness (QED) is 0.353. The molecule has 2 aromatic carbocycles. The van der Waals surface area contributed by atoms with E-state index < -0.39 is 15.9 Å². The largest absolute Gasteiger partial charge is 0.448 e. The van der Waals surface area contributed by atoms with Crippen LogP contribution in [0.5, 0.6) is 0 Å². The lowest BCUT2D eigenvalue weighted by Gasteiger charge is -2.31. The fourth-order valence-corrected chi connectivity index (χ4v) is 5.57. The molecular weight excluding hydrogens is 448 g/mol. The molecule has 0 bridgehead atoms. The molecule has 7 heteroatoms. The molecule has 0 aliphatic carbocycles. The first-order valence-corrected chi connectivity index (χ1v) is 14.3. The molecule has 0 saturated heterocycles. The van der Waals surface area contributed by atoms with Crippen molar-refractivity contribution in [2.24, 2.45) is 0 Å². The van der Waals surface area contributed by atoms with Crippen LogP contribution in [0, 0.1) is 0 Å². The SMILES string of the molecule is CCCCCCCCN1CCCc2cc(NC(=O)OCCS(=O)(=O)Cc3ccccc3)ccc21. The van der Waals surface area contributed by atoms with Gasteiger partial charge in [0.2, 0.25) is 0 Å². The maximum absolute atomic E-state index is 12.3. The highest BCUT2D eigenvalue weighted by Gasteiger charge is 2.18. The molecule has 6 nitrogen and oxygen atoms in total. The van der Waals surface area contributed by atoms with E-state index in [-0.39, 0.29) is 18.1 Å². The zero-order chi connectivity index (χ0) is 24.2. The van der Waals surface area contributed by atoms with Crippen molar-refractivity contribution in [2.45, 2.75) is 64.0 Å². The van der Waals surface area contributed by atoms with E-state index in [0.29, 0.717) is 5.69 Å². The number of nitrogens with one attached hydrogen (secondary N) is 1. The third kappa shape index (κ3) is 8.67. The zero-order valence-electron chi connectivity index (χ0n) is 20.3. The third-order valence-electron chi connectivity index (χ3n) is 6.18. The highest BCUT2D eigenvalue weighted by molar-refractivity contribution is 7.90. The summed E-state index contributed by atoms with van der Waals surface area (Å²) in [6.07, 6.45) is 9.20. The van der Waals surface area contributed by atoms with Crippen molar-refractivity contribution in [1.82, 2.24) is 0 Å². The lowest BCUT2D eigenvalue weighted by molar-refractivity contribution is 0.168. The Morgan fingerprint density at radius 2 is 1.79 bits per heavy atom. The van der Waals surface area contributed by atoms with E-state index in [9.17, 15) is 13.2 Å². The van der Waals surface area contributed by atoms with Gasteiger partial charge in [0.25, 0.3) is 0 Å². The Balaban J connectivity index is 1.43. The molecule has 1 aliphatic rings. The predicted molar refractivity (Wildman–Crippen MR) is 139 cm³/mol. The van der Waals surface area contributed by atoms with Crippen LogP contribution in [0.3, 0.4) is 0 Å². The van der Waals surface area contributed by atoms with Crippen molar-refractivity contribution in [1.29, 1.82) is 0 Å². The van der Waals surface area contributed by atoms with Crippen LogP contribution in [0.15, 0.2) is 48.5 Å². The minimum absolute atomic E-state index is 0.0567. The fraction of sp³-hybridized carbons (Fsp3) is 0.519. The summed E-state index contributed by atoms with van der Waals surface area (Å²) in [6, 6.07) is 15.0. The highest BCUT2D eigenvalue weighted by atomic mass is 32.2. The van der Waals surface area contributed by atoms with Gasteiger partial charge in [-0.1, -0.05) is 69.4 Å². The first kappa shape index (κ1) is 26.1. The van der Waals surface area contributed by atoms with E-state index in [1.165, 1.54) is 49.8 Å². The van der Waals surface area contributed by atoms with E-state index in [2.05, 4.69) is 23.2 Å². The van der Waals surface area contributed by atoms with Gasteiger partial charge in [-0.25, -0.2) is 13.2 Å². The normalized spacial score (nSPS) is 13.4. The maximum Gasteiger partial charge on any atom is 0.411 e. The monoisotopic (exact) mass is 486 g/mol. The molecular formula is C27H38N2O4S. The summed E-state index contributed by atoms with van der Waals surface area (Å²) in [6.45, 7) is 4.22. The second-order valence-corrected chi connectivity index (χ2v) is 11.2. The van der Waals surface area contributed by atoms with E-state index in [0.717, 1.165) is 31.5 Å². The first-order valence-electron chi connectivity index (χ1n) is 12.5. The molecule has 1 amide bonds. The van der Waals surface area contributed by atoms with Crippen molar-refractivity contribution < 1.29 is 17.9 Å². The average Bonchev–Trinajstić information content (AvgIpc) is 2.81. The number of amides is 1. The van der Waals surface area contributed by atoms with Gasteiger partial charge in [-0.05, 0) is 48.6 Å². The van der Waals surface area contributed by atoms with Gasteiger partial charge in [-0.2, -0.15) is 0 Å². The molecule has 186 valence electrons. The number of hydrogen-bond acceptors (Lipinski definition) is 5. The number of rotatable bonds is 13. The zero-order valence-corrected chi connectivity index (χ0v) is 21.1. The molecule has 0 unspecified atom stereocenters. The topological polar surface area (TPSA) is 75.7 Å². The summed E-state index contributed by atoms with van der Waals surface area (Å²) in [5.41, 5.74) is 3.90. The molecule has 0 spiro atoms. The summed E-state index contributed by atoms with van der Waals surface area (Å²) in [4.78, 5) is 14.7. The van der Waals surface area contributed by atoms with Crippen LogP contribution in [-0.2, 0) is 26.7 Å². The smallest absolute Gasteiger partial charge is 0.411 e. The predicted octanol–water partition coefficient (Wildman–Crippen LogP) is 5.96. The van der Waals surface area contributed by atoms with Gasteiger partial charge in [0.05, 0.1) is 11.5 Å². The van der Waals surface area contributed by atoms with Gasteiger partial charge in [-0.15, -0.1) is 0 Å². The van der Waals surface area contributed by atoms with Crippen molar-refractivity contribution in [3.8, 4) is 0 Å². The number of ether oxygens (including phenoxy) is 1. The number of carbonyl (C=O) groups is 1. The van der Waals surface area contributed by atoms with Gasteiger partial charge in [-0.3, -0.25) is 5.32 Å². The van der Waals surface area contributed by atoms with Gasteiger partial charge >= 0.3 is 6.09 Å². The Hall–Kier alpha value is -2.54. The van der Waals surface area contributed by atoms with E-state index >= 15 is 0 Å². The van der Waals surface area contributed by atoms with Gasteiger partial charge in [0, 0.05) is 24.5 Å². The second kappa shape index (κ2) is 13.4. The van der Waals surface area contributed by atoms with Crippen molar-refractivity contribution >= 4 is 27.3 Å². The molecule has 1 N–H and O–H groups in total. The van der Waals surface area contributed by atoms with Crippen molar-refractivity contribution in [2.75, 3.05) is 35.7 Å². The number of hydrogen-bond donors (Lipinski definition) is 1. The molecule has 1 aliphatic heterocycles. The van der Waals surface area contributed by atoms with Gasteiger partial charge in [0.15, 0.2) is 9.84 Å². The Bertz CT molecular complexity index is 1010. The number of unbranched alkanes of at least 4 members (excludes halogenated alkanes) is 5. The number of aryl methyl sites for hydroxylation is 1. The fourth-order valence-electron chi connectivity index (χ4n) is 4.38. The first-order chi connectivity index (χ1) is 16.5. The molecule has 0 aromatic heterocycles. The van der Waals surface area contributed by atoms with Crippen molar-refractivity contribution in [3.63, 3.8) is 0 Å². The lowest BCUT2D eigenvalue weighted by Crippen LogP contribution is -2.30. The average molecular weight is 487 g/mol. The van der Waals surface area contributed by atoms with Gasteiger partial charge < -0.3 is 9.64 Å². The van der Waals surface area contributed by atoms with Gasteiger partial charge in [0.1, 0.15) is 6.61 Å². The Kier molecular flexibility index (Phi) is 10.3. The van der Waals surface area contributed by atoms with Crippen LogP contribution in [0.4, 0.5) is 16.2 Å². The van der Waals surface area contributed by atoms with E-state index in [1.54, 1.807) is 24.3 Å². The molecule has 34 heavy (non-hydrogen) atoms. The minimum Gasteiger partial charge on any atom is -0.448 e. The lowest BCUT2D eigenvalue weighted by atomic mass is 10.0. The number of carbonyl (C=O) groups excluding carboxylic acids is 1. The summed E-state index contributed by atoms with van der Waals surface area (Å²) in [5.74, 6) is -0.258. The molecule has 1 heterocycles. The van der Waals surface area contributed by atoms with Crippen LogP contribution in [-0.4, -0.2) is 40.0 Å². The summed E-state index contributed by atoms with van der Waals surface area (Å²) in [5, 5.41) is 2.74. The van der Waals surface area contributed by atoms with E-state index in [1.807, 2.05) is 18.2 Å². The van der Waals surface area contributed by atoms with E-state index in [4.69, 9.17) is 4.74 Å². The number of anilines is 2. The number of nitrogens with zero attached hydrogens (tertiary/aromatic N) is 1. The Labute approximate surface area is 204 Å². The summed E-state index contributed by atoms with van der Waals surface area (Å²) in [7, 11) is -3.35. The standard InChI is InChI=1S/C27H38N2O4S/c1-2-3-4-5-6-10-17-29-18-11-14-24-21-25(15-16-26(24)29)28-27(30)33-19-20-34(31,32)22-23-12-8-7-9-13-23/h7-9,12-13,15-16,21H,2-6,10-11,14,17-20,22H2,1H3,(H,28,30). The maximum atomic E-state index is 12.3. The summed E-state index contributed by atoms with van der Waals surface area (Å²) >= 11 is 0. The Morgan fingerprint density at radius 1 is 1.03 bits per heavy atom. The molecule has 0 atom stereocenters. The highest BCUT2D eigenvalue weighted by Crippen LogP contribution is 2.30. The Morgan fingerprint density at radius 3 is 2.59 bits per heavy atom. The van der Waals surface area contributed by atoms with Crippen LogP contribution in [0.25, 0.3) is 0 Å². The molecule has 2 aromatic rings. The molecule has 0 saturated carbocycles. The number of benzene rings is 2. The van der Waals surface area contributed by atoms with Crippen LogP contribution < -0.4 is 10.2 Å². The molecule has 0 radical (unpaired) electrons. The molecule has 3 rings (SSSR count). The summed E-state index contributed by atoms with van der Waals surface area (Å²) < 4.78 is 29.6. The number of sulfone groups is 1. The second-order valence-electron chi connectivity index (χ2n) is 9.04. The van der Waals surface area contributed by atoms with Crippen LogP contribution >= 0.6 is 0 Å². The third-order valence-corrected chi connectivity index (χ3v) is 7.74. The van der Waals surface area contributed by atoms with Crippen LogP contribution in [0.1, 0.15) is 63.0 Å². The molecule has 0 fully saturated rings. The van der Waals surface area contributed by atoms with Crippen LogP contribution in [0.2, 0.25) is 0 Å². The van der Waals surface area contributed by atoms with Crippen molar-refractivity contribution in [3.05, 3.63) is 59.7 Å². The minimum atomic E-state index is -3.35. The number of fused-ring (bicyclic) bond motifs is 1.